The Bertz CT molecular complexity index is 1080. The molecule has 0 spiro atoms. The van der Waals surface area contributed by atoms with Gasteiger partial charge in [0, 0.05) is 16.3 Å². The van der Waals surface area contributed by atoms with Crippen LogP contribution in [0.3, 0.4) is 0 Å². The fourth-order valence-electron chi connectivity index (χ4n) is 2.51. The van der Waals surface area contributed by atoms with Crippen molar-refractivity contribution in [2.45, 2.75) is 11.4 Å². The van der Waals surface area contributed by atoms with E-state index in [2.05, 4.69) is 31.3 Å². The zero-order chi connectivity index (χ0) is 18.3. The predicted molar refractivity (Wildman–Crippen MR) is 95.7 cm³/mol. The molecule has 4 rings (SSSR count). The van der Waals surface area contributed by atoms with Crippen molar-refractivity contribution in [3.63, 3.8) is 0 Å². The molecule has 2 heterocycles. The van der Waals surface area contributed by atoms with E-state index in [4.69, 9.17) is 9.47 Å². The normalized spacial score (nSPS) is 13.2. The maximum atomic E-state index is 11.5. The van der Waals surface area contributed by atoms with E-state index < -0.39 is 9.84 Å². The van der Waals surface area contributed by atoms with Crippen LogP contribution in [-0.4, -0.2) is 41.7 Å². The molecule has 1 aliphatic heterocycles. The first-order chi connectivity index (χ1) is 12.4. The Morgan fingerprint density at radius 2 is 1.85 bits per heavy atom. The molecule has 3 aromatic rings. The molecule has 1 aliphatic rings. The molecule has 8 nitrogen and oxygen atoms in total. The van der Waals surface area contributed by atoms with Crippen molar-refractivity contribution in [1.82, 2.24) is 20.2 Å². The van der Waals surface area contributed by atoms with Gasteiger partial charge in [-0.15, -0.1) is 10.2 Å². The van der Waals surface area contributed by atoms with Crippen molar-refractivity contribution in [3.05, 3.63) is 46.4 Å². The molecule has 0 unspecified atom stereocenters. The van der Waals surface area contributed by atoms with E-state index in [9.17, 15) is 8.42 Å². The van der Waals surface area contributed by atoms with Crippen molar-refractivity contribution < 1.29 is 17.9 Å². The Balaban J connectivity index is 1.57. The van der Waals surface area contributed by atoms with Crippen molar-refractivity contribution in [1.29, 1.82) is 0 Å². The highest BCUT2D eigenvalue weighted by atomic mass is 79.9. The Kier molecular flexibility index (Phi) is 4.16. The summed E-state index contributed by atoms with van der Waals surface area (Å²) < 4.78 is 34.6. The summed E-state index contributed by atoms with van der Waals surface area (Å²) in [4.78, 5) is 1.71. The average Bonchev–Trinajstić information content (AvgIpc) is 3.24. The van der Waals surface area contributed by atoms with Crippen LogP contribution in [0.2, 0.25) is 0 Å². The molecule has 0 aliphatic carbocycles. The van der Waals surface area contributed by atoms with Gasteiger partial charge in [-0.3, -0.25) is 0 Å². The van der Waals surface area contributed by atoms with E-state index in [1.165, 1.54) is 23.2 Å². The number of nitrogens with zero attached hydrogens (tertiary/aromatic N) is 4. The van der Waals surface area contributed by atoms with Crippen LogP contribution in [0.1, 0.15) is 5.56 Å². The summed E-state index contributed by atoms with van der Waals surface area (Å²) in [6.45, 7) is 0.603. The van der Waals surface area contributed by atoms with Gasteiger partial charge in [0.05, 0.1) is 11.4 Å². The second-order valence-corrected chi connectivity index (χ2v) is 8.61. The highest BCUT2D eigenvalue weighted by molar-refractivity contribution is 9.10. The third-order valence-electron chi connectivity index (χ3n) is 3.85. The van der Waals surface area contributed by atoms with Crippen molar-refractivity contribution in [2.24, 2.45) is 0 Å². The molecule has 0 atom stereocenters. The Morgan fingerprint density at radius 3 is 2.54 bits per heavy atom. The molecule has 0 saturated heterocycles. The molecule has 0 N–H and O–H groups in total. The highest BCUT2D eigenvalue weighted by Gasteiger charge is 2.17. The number of rotatable bonds is 4. The summed E-state index contributed by atoms with van der Waals surface area (Å²) in [5.41, 5.74) is 1.61. The van der Waals surface area contributed by atoms with E-state index in [1.807, 2.05) is 12.1 Å². The number of halogens is 1. The number of hydrogen-bond acceptors (Lipinski definition) is 7. The standard InChI is InChI=1S/C16H13BrN4O4S/c1-26(22,23)12-4-2-10(3-5-12)16-18-20-21(19-16)8-11-6-14-15(7-13(11)17)25-9-24-14/h2-7H,8-9H2,1H3. The van der Waals surface area contributed by atoms with Crippen LogP contribution in [0.5, 0.6) is 11.5 Å². The summed E-state index contributed by atoms with van der Waals surface area (Å²) in [6, 6.07) is 10.1. The van der Waals surface area contributed by atoms with E-state index in [1.54, 1.807) is 12.1 Å². The molecular weight excluding hydrogens is 424 g/mol. The zero-order valence-electron chi connectivity index (χ0n) is 13.6. The Morgan fingerprint density at radius 1 is 1.15 bits per heavy atom. The minimum absolute atomic E-state index is 0.209. The molecule has 10 heteroatoms. The predicted octanol–water partition coefficient (Wildman–Crippen LogP) is 2.28. The minimum atomic E-state index is -3.24. The highest BCUT2D eigenvalue weighted by Crippen LogP contribution is 2.37. The van der Waals surface area contributed by atoms with Gasteiger partial charge in [0.1, 0.15) is 0 Å². The maximum absolute atomic E-state index is 11.5. The van der Waals surface area contributed by atoms with Gasteiger partial charge in [0.15, 0.2) is 21.3 Å². The van der Waals surface area contributed by atoms with Gasteiger partial charge in [0.25, 0.3) is 0 Å². The first-order valence-electron chi connectivity index (χ1n) is 7.56. The molecular formula is C16H13BrN4O4S. The van der Waals surface area contributed by atoms with Crippen LogP contribution in [0, 0.1) is 0 Å². The first-order valence-corrected chi connectivity index (χ1v) is 10.2. The number of ether oxygens (including phenoxy) is 2. The second-order valence-electron chi connectivity index (χ2n) is 5.74. The van der Waals surface area contributed by atoms with Crippen LogP contribution in [0.25, 0.3) is 11.4 Å². The lowest BCUT2D eigenvalue weighted by atomic mass is 10.2. The quantitative estimate of drug-likeness (QED) is 0.618. The van der Waals surface area contributed by atoms with Crippen LogP contribution in [0.4, 0.5) is 0 Å². The SMILES string of the molecule is CS(=O)(=O)c1ccc(-c2nnn(Cc3cc4c(cc3Br)OCO4)n2)cc1. The van der Waals surface area contributed by atoms with Gasteiger partial charge < -0.3 is 9.47 Å². The number of hydrogen-bond donors (Lipinski definition) is 0. The van der Waals surface area contributed by atoms with E-state index in [-0.39, 0.29) is 11.7 Å². The number of sulfone groups is 1. The van der Waals surface area contributed by atoms with Gasteiger partial charge in [0.2, 0.25) is 12.6 Å². The van der Waals surface area contributed by atoms with Gasteiger partial charge in [-0.2, -0.15) is 4.80 Å². The molecule has 0 bridgehead atoms. The molecule has 1 aromatic heterocycles. The topological polar surface area (TPSA) is 96.2 Å². The second kappa shape index (κ2) is 6.36. The third-order valence-corrected chi connectivity index (χ3v) is 5.71. The molecule has 0 amide bonds. The molecule has 0 saturated carbocycles. The van der Waals surface area contributed by atoms with Crippen molar-refractivity contribution >= 4 is 25.8 Å². The summed E-state index contributed by atoms with van der Waals surface area (Å²) in [6.07, 6.45) is 1.17. The van der Waals surface area contributed by atoms with Gasteiger partial charge >= 0.3 is 0 Å². The van der Waals surface area contributed by atoms with Crippen molar-refractivity contribution in [2.75, 3.05) is 13.0 Å². The third kappa shape index (κ3) is 3.29. The molecule has 134 valence electrons. The maximum Gasteiger partial charge on any atom is 0.231 e. The molecule has 2 aromatic carbocycles. The van der Waals surface area contributed by atoms with Crippen LogP contribution >= 0.6 is 15.9 Å². The molecule has 0 fully saturated rings. The lowest BCUT2D eigenvalue weighted by Gasteiger charge is -2.05. The monoisotopic (exact) mass is 436 g/mol. The molecule has 0 radical (unpaired) electrons. The smallest absolute Gasteiger partial charge is 0.231 e. The number of fused-ring (bicyclic) bond motifs is 1. The lowest BCUT2D eigenvalue weighted by Crippen LogP contribution is -2.04. The largest absolute Gasteiger partial charge is 0.454 e. The Hall–Kier alpha value is -2.46. The van der Waals surface area contributed by atoms with Gasteiger partial charge in [-0.1, -0.05) is 15.9 Å². The van der Waals surface area contributed by atoms with E-state index in [0.717, 1.165) is 10.0 Å². The Labute approximate surface area is 157 Å². The average molecular weight is 437 g/mol. The van der Waals surface area contributed by atoms with Crippen LogP contribution < -0.4 is 9.47 Å². The fraction of sp³-hybridized carbons (Fsp3) is 0.188. The van der Waals surface area contributed by atoms with Crippen LogP contribution in [-0.2, 0) is 16.4 Å². The summed E-state index contributed by atoms with van der Waals surface area (Å²) in [5.74, 6) is 1.79. The number of aromatic nitrogens is 4. The lowest BCUT2D eigenvalue weighted by molar-refractivity contribution is 0.174. The van der Waals surface area contributed by atoms with E-state index >= 15 is 0 Å². The minimum Gasteiger partial charge on any atom is -0.454 e. The van der Waals surface area contributed by atoms with Crippen molar-refractivity contribution in [3.8, 4) is 22.9 Å². The van der Waals surface area contributed by atoms with E-state index in [0.29, 0.717) is 29.4 Å². The summed E-state index contributed by atoms with van der Waals surface area (Å²) in [7, 11) is -3.24. The number of tetrazole rings is 1. The summed E-state index contributed by atoms with van der Waals surface area (Å²) in [5, 5.41) is 12.5. The van der Waals surface area contributed by atoms with Gasteiger partial charge in [-0.05, 0) is 47.2 Å². The first kappa shape index (κ1) is 17.0. The number of benzene rings is 2. The summed E-state index contributed by atoms with van der Waals surface area (Å²) >= 11 is 3.50. The van der Waals surface area contributed by atoms with Crippen LogP contribution in [0.15, 0.2) is 45.8 Å². The zero-order valence-corrected chi connectivity index (χ0v) is 16.0. The molecule has 26 heavy (non-hydrogen) atoms. The fourth-order valence-corrected chi connectivity index (χ4v) is 3.59. The van der Waals surface area contributed by atoms with Gasteiger partial charge in [-0.25, -0.2) is 8.42 Å².